The summed E-state index contributed by atoms with van der Waals surface area (Å²) in [4.78, 5) is 2.29. The molecule has 328 valence electrons. The second kappa shape index (κ2) is 21.5. The molecule has 0 spiro atoms. The number of nitrogens with one attached hydrogen (secondary N) is 1. The van der Waals surface area contributed by atoms with Crippen molar-refractivity contribution < 1.29 is 4.42 Å². The van der Waals surface area contributed by atoms with Crippen LogP contribution in [0.15, 0.2) is 185 Å². The fraction of sp³-hybridized carbons (Fsp3) is 0.186. The molecule has 0 saturated heterocycles. The van der Waals surface area contributed by atoms with Gasteiger partial charge in [-0.15, -0.1) is 11.3 Å². The Hall–Kier alpha value is -6.47. The van der Waals surface area contributed by atoms with Crippen molar-refractivity contribution in [2.45, 2.75) is 59.8 Å². The van der Waals surface area contributed by atoms with Gasteiger partial charge in [-0.1, -0.05) is 143 Å². The first-order valence-corrected chi connectivity index (χ1v) is 24.4. The average Bonchev–Trinajstić information content (AvgIpc) is 3.68. The molecule has 0 saturated carbocycles. The van der Waals surface area contributed by atoms with E-state index in [1.807, 2.05) is 39.0 Å². The lowest BCUT2D eigenvalue weighted by Gasteiger charge is -2.29. The number of rotatable bonds is 3. The Balaban J connectivity index is 0.000000165. The van der Waals surface area contributed by atoms with Gasteiger partial charge in [-0.25, -0.2) is 10.6 Å². The summed E-state index contributed by atoms with van der Waals surface area (Å²) in [5.41, 5.74) is 20.9. The lowest BCUT2D eigenvalue weighted by molar-refractivity contribution is 0.567. The maximum Gasteiger partial charge on any atom is 0.134 e. The summed E-state index contributed by atoms with van der Waals surface area (Å²) in [7, 11) is 1.42. The molecule has 65 heavy (non-hydrogen) atoms. The molecule has 0 amide bonds. The maximum absolute atomic E-state index is 5.98. The zero-order valence-electron chi connectivity index (χ0n) is 38.7. The van der Waals surface area contributed by atoms with Crippen LogP contribution in [0.4, 0.5) is 11.4 Å². The third-order valence-corrected chi connectivity index (χ3v) is 13.0. The molecule has 1 N–H and O–H groups in total. The zero-order chi connectivity index (χ0) is 46.0. The number of hydrogen-bond donors (Lipinski definition) is 2. The summed E-state index contributed by atoms with van der Waals surface area (Å²) in [6.45, 7) is 14.7. The Morgan fingerprint density at radius 2 is 1.48 bits per heavy atom. The molecule has 12 rings (SSSR count). The van der Waals surface area contributed by atoms with Gasteiger partial charge in [0.15, 0.2) is 0 Å². The van der Waals surface area contributed by atoms with E-state index < -0.39 is 0 Å². The van der Waals surface area contributed by atoms with Gasteiger partial charge in [-0.05, 0) is 125 Å². The van der Waals surface area contributed by atoms with Crippen LogP contribution in [0.3, 0.4) is 0 Å². The molecule has 8 aromatic rings. The number of fused-ring (bicyclic) bond motifs is 9. The molecule has 6 heteroatoms. The number of thiophene rings is 1. The summed E-state index contributed by atoms with van der Waals surface area (Å²) in [5, 5.41) is 9.26. The number of aryl methyl sites for hydroxylation is 1. The van der Waals surface area contributed by atoms with Crippen LogP contribution in [0.2, 0.25) is 0 Å². The van der Waals surface area contributed by atoms with Crippen LogP contribution in [0.5, 0.6) is 0 Å². The summed E-state index contributed by atoms with van der Waals surface area (Å²) in [6, 6.07) is 44.1. The number of thiol groups is 1. The quantitative estimate of drug-likeness (QED) is 0.137. The lowest BCUT2D eigenvalue weighted by atomic mass is 9.84. The number of allylic oxidation sites excluding steroid dienone is 9. The molecule has 6 aromatic carbocycles. The molecule has 3 aliphatic carbocycles. The monoisotopic (exact) mass is 889 g/mol. The van der Waals surface area contributed by atoms with E-state index in [1.54, 1.807) is 6.26 Å². The zero-order valence-corrected chi connectivity index (χ0v) is 40.4. The SMILES string of the molecule is C1=Cc2c(oc3ccc(C4=CC4c4ccc5sc6ccccc6c5c4)cc23)C1.C=C1C2=C(C=CCC2)/C=C\N(c2ccc(C)cc2)c2ccc3ccccc3c21.CC.CC.CN=N.CS. The van der Waals surface area contributed by atoms with Crippen molar-refractivity contribution in [2.75, 3.05) is 18.2 Å². The third-order valence-electron chi connectivity index (χ3n) is 11.8. The molecule has 1 aliphatic heterocycles. The van der Waals surface area contributed by atoms with E-state index >= 15 is 0 Å². The molecular weight excluding hydrogens is 831 g/mol. The summed E-state index contributed by atoms with van der Waals surface area (Å²) < 4.78 is 8.71. The molecule has 0 radical (unpaired) electrons. The van der Waals surface area contributed by atoms with Crippen LogP contribution >= 0.6 is 24.0 Å². The van der Waals surface area contributed by atoms with Crippen LogP contribution < -0.4 is 4.90 Å². The van der Waals surface area contributed by atoms with Gasteiger partial charge in [0.05, 0.1) is 5.69 Å². The molecule has 1 unspecified atom stereocenters. The van der Waals surface area contributed by atoms with Gasteiger partial charge in [0.25, 0.3) is 0 Å². The number of benzene rings is 6. The van der Waals surface area contributed by atoms with Crippen molar-refractivity contribution in [3.63, 3.8) is 0 Å². The number of anilines is 2. The fourth-order valence-electron chi connectivity index (χ4n) is 8.84. The van der Waals surface area contributed by atoms with Crippen LogP contribution in [0.1, 0.15) is 80.0 Å². The number of nitrogens with zero attached hydrogens (tertiary/aromatic N) is 2. The van der Waals surface area contributed by atoms with Crippen LogP contribution in [0.25, 0.3) is 59.1 Å². The van der Waals surface area contributed by atoms with Gasteiger partial charge in [-0.2, -0.15) is 12.6 Å². The van der Waals surface area contributed by atoms with E-state index in [4.69, 9.17) is 9.95 Å². The largest absolute Gasteiger partial charge is 0.460 e. The van der Waals surface area contributed by atoms with Crippen LogP contribution in [-0.4, -0.2) is 13.3 Å². The molecule has 1 atom stereocenters. The van der Waals surface area contributed by atoms with E-state index in [9.17, 15) is 0 Å². The van der Waals surface area contributed by atoms with Gasteiger partial charge < -0.3 is 9.32 Å². The Morgan fingerprint density at radius 3 is 2.26 bits per heavy atom. The van der Waals surface area contributed by atoms with Crippen molar-refractivity contribution in [1.82, 2.24) is 0 Å². The standard InChI is InChI=1S/C27H23N.C26H16OS.2C2H6.CH4N2.CH4S/c1-19-11-14-23(15-12-19)28-18-17-22-8-3-5-9-24(22)20(2)27-25-10-6-4-7-21(25)13-16-26(27)28;1-2-7-25-18(4-1)22-13-16(9-11-26(22)28-25)20-14-19(20)15-8-10-24-21(12-15)17-5-3-6-23(17)27-24;2*1-2;1-3-2;1-2/h3-4,6-8,10-18H,2,5,9H2,1H3;1-5,7-14,20H,6H2;2*1-2H3;2H,1H3;2H,1H3/b18-17-;;;;;. The molecule has 0 bridgehead atoms. The van der Waals surface area contributed by atoms with Gasteiger partial charge in [-0.3, -0.25) is 0 Å². The highest BCUT2D eigenvalue weighted by Crippen LogP contribution is 2.49. The Kier molecular flexibility index (Phi) is 15.4. The highest BCUT2D eigenvalue weighted by atomic mass is 32.1. The van der Waals surface area contributed by atoms with E-state index in [0.29, 0.717) is 5.92 Å². The summed E-state index contributed by atoms with van der Waals surface area (Å²) in [6.07, 6.45) is 20.4. The number of hydrogen-bond acceptors (Lipinski definition) is 6. The van der Waals surface area contributed by atoms with Crippen molar-refractivity contribution >= 4 is 94.5 Å². The average molecular weight is 890 g/mol. The second-order valence-corrected chi connectivity index (χ2v) is 16.6. The van der Waals surface area contributed by atoms with E-state index in [2.05, 4.69) is 200 Å². The minimum atomic E-state index is 0.427. The normalized spacial score (nSPS) is 15.4. The Bertz CT molecular complexity index is 3150. The predicted molar refractivity (Wildman–Crippen MR) is 289 cm³/mol. The smallest absolute Gasteiger partial charge is 0.134 e. The van der Waals surface area contributed by atoms with Crippen molar-refractivity contribution in [3.05, 3.63) is 209 Å². The second-order valence-electron chi connectivity index (χ2n) is 15.5. The van der Waals surface area contributed by atoms with Crippen molar-refractivity contribution in [2.24, 2.45) is 5.11 Å². The highest BCUT2D eigenvalue weighted by molar-refractivity contribution is 7.79. The Labute approximate surface area is 394 Å². The first-order valence-electron chi connectivity index (χ1n) is 22.7. The minimum absolute atomic E-state index is 0.427. The molecule has 2 aromatic heterocycles. The maximum atomic E-state index is 5.98. The Morgan fingerprint density at radius 1 is 0.754 bits per heavy atom. The molecule has 4 nitrogen and oxygen atoms in total. The van der Waals surface area contributed by atoms with Crippen molar-refractivity contribution in [1.29, 1.82) is 5.53 Å². The minimum Gasteiger partial charge on any atom is -0.460 e. The van der Waals surface area contributed by atoms with Gasteiger partial charge >= 0.3 is 0 Å². The lowest BCUT2D eigenvalue weighted by Crippen LogP contribution is -2.14. The van der Waals surface area contributed by atoms with Crippen LogP contribution in [0, 0.1) is 12.5 Å². The van der Waals surface area contributed by atoms with Crippen molar-refractivity contribution in [3.8, 4) is 0 Å². The molecular formula is C59H59N3OS2. The summed E-state index contributed by atoms with van der Waals surface area (Å²) in [5.74, 6) is 1.53. The molecule has 3 heterocycles. The molecule has 0 fully saturated rings. The topological polar surface area (TPSA) is 52.6 Å². The van der Waals surface area contributed by atoms with Gasteiger partial charge in [0.1, 0.15) is 11.3 Å². The summed E-state index contributed by atoms with van der Waals surface area (Å²) >= 11 is 5.41. The fourth-order valence-corrected chi connectivity index (χ4v) is 9.93. The first kappa shape index (κ1) is 46.5. The highest BCUT2D eigenvalue weighted by Gasteiger charge is 2.29. The van der Waals surface area contributed by atoms with Crippen LogP contribution in [-0.2, 0) is 6.42 Å². The van der Waals surface area contributed by atoms with Gasteiger partial charge in [0, 0.05) is 68.0 Å². The van der Waals surface area contributed by atoms with E-state index in [-0.39, 0.29) is 0 Å². The first-order chi connectivity index (χ1) is 32.0. The van der Waals surface area contributed by atoms with E-state index in [0.717, 1.165) is 41.9 Å². The van der Waals surface area contributed by atoms with Gasteiger partial charge in [0.2, 0.25) is 0 Å². The third kappa shape index (κ3) is 9.52. The molecule has 4 aliphatic rings. The number of furan rings is 1. The predicted octanol–water partition coefficient (Wildman–Crippen LogP) is 18.3. The van der Waals surface area contributed by atoms with E-state index in [1.165, 1.54) is 93.6 Å².